The van der Waals surface area contributed by atoms with Gasteiger partial charge in [0, 0.05) is 11.8 Å². The first-order valence-electron chi connectivity index (χ1n) is 10.1. The van der Waals surface area contributed by atoms with Crippen molar-refractivity contribution >= 4 is 5.97 Å². The zero-order valence-corrected chi connectivity index (χ0v) is 15.3. The van der Waals surface area contributed by atoms with Gasteiger partial charge in [0.2, 0.25) is 0 Å². The van der Waals surface area contributed by atoms with Crippen LogP contribution in [0, 0.1) is 17.8 Å². The van der Waals surface area contributed by atoms with E-state index in [1.165, 1.54) is 19.3 Å². The van der Waals surface area contributed by atoms with E-state index < -0.39 is 0 Å². The molecule has 0 aromatic carbocycles. The summed E-state index contributed by atoms with van der Waals surface area (Å²) in [6.45, 7) is 6.49. The Hall–Kier alpha value is -0.610. The van der Waals surface area contributed by atoms with Gasteiger partial charge in [0.05, 0.1) is 30.3 Å². The molecule has 0 aromatic heterocycles. The predicted octanol–water partition coefficient (Wildman–Crippen LogP) is 3.86. The van der Waals surface area contributed by atoms with E-state index in [-0.39, 0.29) is 35.8 Å². The Balaban J connectivity index is 1.46. The van der Waals surface area contributed by atoms with Gasteiger partial charge in [0.1, 0.15) is 5.60 Å². The molecular weight excluding hydrogens is 304 g/mol. The molecule has 7 atom stereocenters. The fraction of sp³-hybridized carbons (Fsp3) is 0.950. The van der Waals surface area contributed by atoms with E-state index in [0.717, 1.165) is 32.1 Å². The number of carbonyl (C=O) groups is 1. The van der Waals surface area contributed by atoms with E-state index in [2.05, 4.69) is 20.8 Å². The summed E-state index contributed by atoms with van der Waals surface area (Å²) in [6, 6.07) is 0. The van der Waals surface area contributed by atoms with Crippen molar-refractivity contribution < 1.29 is 19.0 Å². The Bertz CT molecular complexity index is 484. The van der Waals surface area contributed by atoms with Crippen LogP contribution in [0.25, 0.3) is 0 Å². The molecule has 3 heterocycles. The number of esters is 1. The molecule has 0 spiro atoms. The molecule has 4 fully saturated rings. The topological polar surface area (TPSA) is 44.8 Å². The van der Waals surface area contributed by atoms with Gasteiger partial charge in [-0.15, -0.1) is 0 Å². The Morgan fingerprint density at radius 2 is 1.71 bits per heavy atom. The van der Waals surface area contributed by atoms with Crippen LogP contribution in [0.2, 0.25) is 0 Å². The van der Waals surface area contributed by atoms with E-state index in [1.54, 1.807) is 0 Å². The Morgan fingerprint density at radius 1 is 1.04 bits per heavy atom. The summed E-state index contributed by atoms with van der Waals surface area (Å²) in [7, 11) is 0. The van der Waals surface area contributed by atoms with Gasteiger partial charge in [-0.1, -0.05) is 20.3 Å². The molecule has 0 radical (unpaired) electrons. The van der Waals surface area contributed by atoms with Crippen molar-refractivity contribution in [3.63, 3.8) is 0 Å². The standard InChI is InChI=1S/C20H32O4/c1-4-13-16-15-11-12(18(23-15)17(16)14(5-2)22-13)19(21)24-20(3)9-7-6-8-10-20/h12-18H,4-11H2,1-3H3. The van der Waals surface area contributed by atoms with Crippen LogP contribution in [0.15, 0.2) is 0 Å². The third-order valence-electron chi connectivity index (χ3n) is 7.04. The van der Waals surface area contributed by atoms with Crippen LogP contribution in [0.3, 0.4) is 0 Å². The maximum absolute atomic E-state index is 12.9. The lowest BCUT2D eigenvalue weighted by atomic mass is 9.70. The molecule has 24 heavy (non-hydrogen) atoms. The average molecular weight is 336 g/mol. The van der Waals surface area contributed by atoms with Crippen molar-refractivity contribution in [3.05, 3.63) is 0 Å². The summed E-state index contributed by atoms with van der Waals surface area (Å²) in [5, 5.41) is 0. The molecule has 3 aliphatic heterocycles. The molecular formula is C20H32O4. The minimum Gasteiger partial charge on any atom is -0.459 e. The second kappa shape index (κ2) is 6.28. The van der Waals surface area contributed by atoms with Crippen molar-refractivity contribution in [2.45, 2.75) is 102 Å². The normalized spacial score (nSPS) is 46.0. The number of rotatable bonds is 4. The number of ether oxygens (including phenoxy) is 3. The number of carbonyl (C=O) groups excluding carboxylic acids is 1. The quantitative estimate of drug-likeness (QED) is 0.731. The van der Waals surface area contributed by atoms with Crippen molar-refractivity contribution in [1.29, 1.82) is 0 Å². The van der Waals surface area contributed by atoms with Gasteiger partial charge in [0.25, 0.3) is 0 Å². The molecule has 1 aliphatic carbocycles. The zero-order chi connectivity index (χ0) is 16.9. The van der Waals surface area contributed by atoms with Gasteiger partial charge in [-0.25, -0.2) is 0 Å². The van der Waals surface area contributed by atoms with Gasteiger partial charge < -0.3 is 14.2 Å². The van der Waals surface area contributed by atoms with E-state index in [9.17, 15) is 4.79 Å². The third kappa shape index (κ3) is 2.61. The van der Waals surface area contributed by atoms with Crippen molar-refractivity contribution in [3.8, 4) is 0 Å². The van der Waals surface area contributed by atoms with E-state index in [4.69, 9.17) is 14.2 Å². The first kappa shape index (κ1) is 16.8. The van der Waals surface area contributed by atoms with Crippen LogP contribution in [-0.4, -0.2) is 36.0 Å². The van der Waals surface area contributed by atoms with Gasteiger partial charge in [-0.05, 0) is 51.9 Å². The second-order valence-corrected chi connectivity index (χ2v) is 8.60. The molecule has 0 amide bonds. The van der Waals surface area contributed by atoms with Crippen LogP contribution in [0.5, 0.6) is 0 Å². The van der Waals surface area contributed by atoms with Crippen molar-refractivity contribution in [2.75, 3.05) is 0 Å². The van der Waals surface area contributed by atoms with Crippen LogP contribution < -0.4 is 0 Å². The highest BCUT2D eigenvalue weighted by molar-refractivity contribution is 5.74. The third-order valence-corrected chi connectivity index (χ3v) is 7.04. The minimum atomic E-state index is -0.251. The highest BCUT2D eigenvalue weighted by Crippen LogP contribution is 2.55. The summed E-state index contributed by atoms with van der Waals surface area (Å²) in [5.41, 5.74) is -0.251. The van der Waals surface area contributed by atoms with Crippen LogP contribution in [-0.2, 0) is 19.0 Å². The van der Waals surface area contributed by atoms with Gasteiger partial charge in [-0.3, -0.25) is 4.79 Å². The van der Waals surface area contributed by atoms with Crippen LogP contribution >= 0.6 is 0 Å². The zero-order valence-electron chi connectivity index (χ0n) is 15.3. The maximum atomic E-state index is 12.9. The number of fused-ring (bicyclic) bond motifs is 5. The SMILES string of the molecule is CCC1OC(CC)C2C3OC(CC3C(=O)OC3(C)CCCCC3)C12. The fourth-order valence-corrected chi connectivity index (χ4v) is 5.85. The summed E-state index contributed by atoms with van der Waals surface area (Å²) in [5.74, 6) is 0.776. The summed E-state index contributed by atoms with van der Waals surface area (Å²) in [6.07, 6.45) is 9.26. The highest BCUT2D eigenvalue weighted by atomic mass is 16.6. The first-order chi connectivity index (χ1) is 11.6. The molecule has 0 N–H and O–H groups in total. The lowest BCUT2D eigenvalue weighted by molar-refractivity contribution is -0.169. The largest absolute Gasteiger partial charge is 0.459 e. The molecule has 4 aliphatic rings. The Kier molecular flexibility index (Phi) is 4.41. The molecule has 4 rings (SSSR count). The van der Waals surface area contributed by atoms with Gasteiger partial charge in [0.15, 0.2) is 0 Å². The van der Waals surface area contributed by atoms with E-state index in [0.29, 0.717) is 17.9 Å². The number of hydrogen-bond acceptors (Lipinski definition) is 4. The fourth-order valence-electron chi connectivity index (χ4n) is 5.85. The lowest BCUT2D eigenvalue weighted by Crippen LogP contribution is -2.44. The van der Waals surface area contributed by atoms with E-state index in [1.807, 2.05) is 0 Å². The smallest absolute Gasteiger partial charge is 0.312 e. The molecule has 0 aromatic rings. The number of hydrogen-bond donors (Lipinski definition) is 0. The molecule has 3 saturated heterocycles. The average Bonchev–Trinajstić information content (AvgIpc) is 3.25. The molecule has 7 unspecified atom stereocenters. The van der Waals surface area contributed by atoms with Crippen molar-refractivity contribution in [1.82, 2.24) is 0 Å². The first-order valence-corrected chi connectivity index (χ1v) is 10.1. The molecule has 136 valence electrons. The Labute approximate surface area is 145 Å². The van der Waals surface area contributed by atoms with Crippen LogP contribution in [0.1, 0.15) is 72.1 Å². The summed E-state index contributed by atoms with van der Waals surface area (Å²) >= 11 is 0. The van der Waals surface area contributed by atoms with E-state index >= 15 is 0 Å². The second-order valence-electron chi connectivity index (χ2n) is 8.60. The molecule has 2 bridgehead atoms. The van der Waals surface area contributed by atoms with Crippen molar-refractivity contribution in [2.24, 2.45) is 17.8 Å². The molecule has 4 nitrogen and oxygen atoms in total. The lowest BCUT2D eigenvalue weighted by Gasteiger charge is -2.36. The van der Waals surface area contributed by atoms with Gasteiger partial charge >= 0.3 is 5.97 Å². The van der Waals surface area contributed by atoms with Crippen LogP contribution in [0.4, 0.5) is 0 Å². The summed E-state index contributed by atoms with van der Waals surface area (Å²) < 4.78 is 18.6. The summed E-state index contributed by atoms with van der Waals surface area (Å²) in [4.78, 5) is 12.9. The highest BCUT2D eigenvalue weighted by Gasteiger charge is 2.64. The minimum absolute atomic E-state index is 0.0137. The predicted molar refractivity (Wildman–Crippen MR) is 90.6 cm³/mol. The molecule has 1 saturated carbocycles. The van der Waals surface area contributed by atoms with Gasteiger partial charge in [-0.2, -0.15) is 0 Å². The monoisotopic (exact) mass is 336 g/mol. The molecule has 4 heteroatoms. The Morgan fingerprint density at radius 3 is 2.38 bits per heavy atom. The maximum Gasteiger partial charge on any atom is 0.312 e.